The molecule has 27 heavy (non-hydrogen) atoms. The Morgan fingerprint density at radius 3 is 2.78 bits per heavy atom. The van der Waals surface area contributed by atoms with Gasteiger partial charge in [0.05, 0.1) is 17.6 Å². The molecule has 1 aromatic carbocycles. The zero-order chi connectivity index (χ0) is 18.5. The van der Waals surface area contributed by atoms with Crippen LogP contribution in [0.2, 0.25) is 0 Å². The van der Waals surface area contributed by atoms with Crippen molar-refractivity contribution in [2.24, 2.45) is 13.0 Å². The first-order valence-corrected chi connectivity index (χ1v) is 9.53. The maximum absolute atomic E-state index is 12.4. The molecule has 0 aliphatic carbocycles. The van der Waals surface area contributed by atoms with Crippen LogP contribution in [-0.2, 0) is 51.1 Å². The SMILES string of the molecule is C[N-]N1CCC(C(=O)NCc2nc3cc(NCCCl)ccc3n2C)CC1.[Y]. The number of benzene rings is 1. The largest absolute Gasteiger partial charge is 0.597 e. The van der Waals surface area contributed by atoms with Crippen LogP contribution in [0.1, 0.15) is 18.7 Å². The smallest absolute Gasteiger partial charge is 0.223 e. The van der Waals surface area contributed by atoms with E-state index in [-0.39, 0.29) is 44.5 Å². The van der Waals surface area contributed by atoms with Gasteiger partial charge in [0.2, 0.25) is 5.91 Å². The summed E-state index contributed by atoms with van der Waals surface area (Å²) < 4.78 is 2.03. The first-order valence-electron chi connectivity index (χ1n) is 9.00. The molecule has 2 aromatic rings. The number of hydrogen-bond acceptors (Lipinski definition) is 4. The number of aromatic nitrogens is 2. The molecular weight excluding hydrogens is 441 g/mol. The molecule has 0 unspecified atom stereocenters. The summed E-state index contributed by atoms with van der Waals surface area (Å²) >= 11 is 5.72. The number of fused-ring (bicyclic) bond motifs is 1. The number of imidazole rings is 1. The number of carbonyl (C=O) groups excluding carboxylic acids is 1. The van der Waals surface area contributed by atoms with E-state index in [0.29, 0.717) is 19.0 Å². The fraction of sp³-hybridized carbons (Fsp3) is 0.556. The molecule has 1 fully saturated rings. The van der Waals surface area contributed by atoms with Crippen molar-refractivity contribution in [3.8, 4) is 0 Å². The molecule has 0 spiro atoms. The van der Waals surface area contributed by atoms with Gasteiger partial charge >= 0.3 is 0 Å². The molecule has 9 heteroatoms. The zero-order valence-corrected chi connectivity index (χ0v) is 19.5. The van der Waals surface area contributed by atoms with Gasteiger partial charge in [0, 0.05) is 63.8 Å². The van der Waals surface area contributed by atoms with Crippen molar-refractivity contribution in [2.75, 3.05) is 37.9 Å². The summed E-state index contributed by atoms with van der Waals surface area (Å²) in [5.74, 6) is 1.58. The average Bonchev–Trinajstić information content (AvgIpc) is 2.99. The number of carbonyl (C=O) groups is 1. The van der Waals surface area contributed by atoms with E-state index >= 15 is 0 Å². The standard InChI is InChI=1S/C18H26ClN6O.Y/c1-20-25-9-5-13(6-10-25)18(26)22-12-17-23-15-11-14(21-8-7-19)3-4-16(15)24(17)2;/h3-4,11,13,21H,5-10,12H2,1-2H3,(H,22,26);/q-1;. The van der Waals surface area contributed by atoms with Crippen molar-refractivity contribution in [3.63, 3.8) is 0 Å². The normalized spacial score (nSPS) is 15.5. The maximum Gasteiger partial charge on any atom is 0.223 e. The number of nitrogens with zero attached hydrogens (tertiary/aromatic N) is 4. The summed E-state index contributed by atoms with van der Waals surface area (Å²) in [7, 11) is 3.77. The molecule has 1 aromatic heterocycles. The van der Waals surface area contributed by atoms with Gasteiger partial charge in [0.25, 0.3) is 0 Å². The number of hydrogen-bond donors (Lipinski definition) is 2. The Labute approximate surface area is 190 Å². The molecule has 2 N–H and O–H groups in total. The number of nitrogens with one attached hydrogen (secondary N) is 2. The number of aryl methyl sites for hydroxylation is 1. The van der Waals surface area contributed by atoms with E-state index in [2.05, 4.69) is 21.0 Å². The summed E-state index contributed by atoms with van der Waals surface area (Å²) in [6.45, 7) is 2.84. The predicted molar refractivity (Wildman–Crippen MR) is 105 cm³/mol. The zero-order valence-electron chi connectivity index (χ0n) is 15.9. The van der Waals surface area contributed by atoms with E-state index in [4.69, 9.17) is 11.6 Å². The van der Waals surface area contributed by atoms with Crippen LogP contribution >= 0.6 is 11.6 Å². The van der Waals surface area contributed by atoms with Gasteiger partial charge in [0.15, 0.2) is 0 Å². The summed E-state index contributed by atoms with van der Waals surface area (Å²) in [5, 5.41) is 8.32. The number of alkyl halides is 1. The fourth-order valence-electron chi connectivity index (χ4n) is 3.35. The Bertz CT molecular complexity index is 760. The number of amides is 1. The molecule has 1 saturated heterocycles. The Morgan fingerprint density at radius 1 is 1.37 bits per heavy atom. The second-order valence-electron chi connectivity index (χ2n) is 6.55. The van der Waals surface area contributed by atoms with Crippen LogP contribution in [0.3, 0.4) is 0 Å². The van der Waals surface area contributed by atoms with Crippen LogP contribution in [0, 0.1) is 5.92 Å². The van der Waals surface area contributed by atoms with Crippen LogP contribution in [0.5, 0.6) is 0 Å². The monoisotopic (exact) mass is 466 g/mol. The number of rotatable bonds is 7. The van der Waals surface area contributed by atoms with E-state index in [1.165, 1.54) is 0 Å². The van der Waals surface area contributed by atoms with Crippen molar-refractivity contribution < 1.29 is 37.5 Å². The Hall–Kier alpha value is -0.726. The quantitative estimate of drug-likeness (QED) is 0.615. The van der Waals surface area contributed by atoms with Gasteiger partial charge in [-0.05, 0) is 44.1 Å². The van der Waals surface area contributed by atoms with Gasteiger partial charge in [0.1, 0.15) is 5.82 Å². The molecule has 0 saturated carbocycles. The van der Waals surface area contributed by atoms with Gasteiger partial charge in [-0.1, -0.05) is 0 Å². The molecular formula is C18H26ClN6OY-. The van der Waals surface area contributed by atoms with Crippen molar-refractivity contribution in [1.82, 2.24) is 19.9 Å². The Kier molecular flexibility index (Phi) is 8.96. The van der Waals surface area contributed by atoms with Gasteiger partial charge in [-0.15, -0.1) is 11.6 Å². The molecule has 3 rings (SSSR count). The van der Waals surface area contributed by atoms with Crippen LogP contribution in [-0.4, -0.2) is 53.0 Å². The molecule has 2 heterocycles. The van der Waals surface area contributed by atoms with Gasteiger partial charge in [-0.3, -0.25) is 4.79 Å². The minimum atomic E-state index is 0. The maximum atomic E-state index is 12.4. The van der Waals surface area contributed by atoms with Crippen molar-refractivity contribution in [2.45, 2.75) is 19.4 Å². The van der Waals surface area contributed by atoms with E-state index < -0.39 is 0 Å². The Morgan fingerprint density at radius 2 is 2.11 bits per heavy atom. The van der Waals surface area contributed by atoms with Crippen molar-refractivity contribution in [3.05, 3.63) is 29.4 Å². The molecule has 0 atom stereocenters. The first-order chi connectivity index (χ1) is 12.6. The number of anilines is 1. The van der Waals surface area contributed by atoms with E-state index in [0.717, 1.165) is 48.5 Å². The van der Waals surface area contributed by atoms with Crippen LogP contribution < -0.4 is 10.6 Å². The molecule has 145 valence electrons. The van der Waals surface area contributed by atoms with E-state index in [1.807, 2.05) is 34.8 Å². The van der Waals surface area contributed by atoms with Gasteiger partial charge in [-0.2, -0.15) is 7.05 Å². The molecule has 1 amide bonds. The van der Waals surface area contributed by atoms with Crippen LogP contribution in [0.25, 0.3) is 16.5 Å². The molecule has 1 aliphatic heterocycles. The van der Waals surface area contributed by atoms with E-state index in [1.54, 1.807) is 7.05 Å². The molecule has 1 aliphatic rings. The van der Waals surface area contributed by atoms with Crippen LogP contribution in [0.4, 0.5) is 5.69 Å². The molecule has 0 bridgehead atoms. The van der Waals surface area contributed by atoms with Crippen molar-refractivity contribution in [1.29, 1.82) is 0 Å². The van der Waals surface area contributed by atoms with E-state index in [9.17, 15) is 4.79 Å². The van der Waals surface area contributed by atoms with Gasteiger partial charge in [-0.25, -0.2) is 4.98 Å². The second kappa shape index (κ2) is 10.7. The summed E-state index contributed by atoms with van der Waals surface area (Å²) in [4.78, 5) is 17.1. The summed E-state index contributed by atoms with van der Waals surface area (Å²) in [5.41, 5.74) is 7.13. The Balaban J connectivity index is 0.00000261. The third kappa shape index (κ3) is 5.64. The third-order valence-electron chi connectivity index (χ3n) is 4.94. The molecule has 7 nitrogen and oxygen atoms in total. The topological polar surface area (TPSA) is 76.3 Å². The minimum Gasteiger partial charge on any atom is -0.597 e. The van der Waals surface area contributed by atoms with Crippen molar-refractivity contribution >= 4 is 34.2 Å². The third-order valence-corrected chi connectivity index (χ3v) is 5.13. The molecule has 1 radical (unpaired) electrons. The minimum absolute atomic E-state index is 0. The van der Waals surface area contributed by atoms with Gasteiger partial charge < -0.3 is 25.6 Å². The number of halogens is 1. The predicted octanol–water partition coefficient (Wildman–Crippen LogP) is 2.47. The van der Waals surface area contributed by atoms with Crippen LogP contribution in [0.15, 0.2) is 18.2 Å². The second-order valence-corrected chi connectivity index (χ2v) is 6.93. The summed E-state index contributed by atoms with van der Waals surface area (Å²) in [6, 6.07) is 6.07. The summed E-state index contributed by atoms with van der Waals surface area (Å²) in [6.07, 6.45) is 1.70. The number of piperidine rings is 1. The average molecular weight is 467 g/mol. The first kappa shape index (κ1) is 22.6. The fourth-order valence-corrected chi connectivity index (χ4v) is 3.44.